The van der Waals surface area contributed by atoms with E-state index >= 15 is 0 Å². The van der Waals surface area contributed by atoms with Crippen LogP contribution in [0.15, 0.2) is 78.9 Å². The van der Waals surface area contributed by atoms with E-state index in [1.165, 1.54) is 34.2 Å². The van der Waals surface area contributed by atoms with Gasteiger partial charge in [-0.2, -0.15) is 0 Å². The van der Waals surface area contributed by atoms with E-state index in [0.717, 1.165) is 0 Å². The average molecular weight is 319 g/mol. The van der Waals surface area contributed by atoms with Crippen LogP contribution in [-0.2, 0) is 0 Å². The largest absolute Gasteiger partial charge is 0.0656 e. The predicted octanol–water partition coefficient (Wildman–Crippen LogP) is 7.38. The highest BCUT2D eigenvalue weighted by Crippen LogP contribution is 2.19. The Hall–Kier alpha value is -2.34. The molecule has 0 fully saturated rings. The first-order chi connectivity index (χ1) is 11.6. The molecule has 0 spiro atoms. The number of aryl methyl sites for hydroxylation is 3. The highest BCUT2D eigenvalue weighted by Gasteiger charge is 1.95. The molecule has 0 bridgehead atoms. The summed E-state index contributed by atoms with van der Waals surface area (Å²) in [5.74, 6) is 0. The van der Waals surface area contributed by atoms with E-state index in [1.807, 2.05) is 18.2 Å². The zero-order valence-corrected chi connectivity index (χ0v) is 15.7. The molecule has 0 unspecified atom stereocenters. The Kier molecular flexibility index (Phi) is 9.23. The van der Waals surface area contributed by atoms with E-state index in [9.17, 15) is 0 Å². The zero-order chi connectivity index (χ0) is 17.8. The molecule has 24 heavy (non-hydrogen) atoms. The molecule has 0 aromatic heterocycles. The van der Waals surface area contributed by atoms with E-state index in [4.69, 9.17) is 0 Å². The van der Waals surface area contributed by atoms with Crippen LogP contribution in [0.25, 0.3) is 11.1 Å². The number of hydrogen-bond donors (Lipinski definition) is 0. The number of rotatable bonds is 1. The highest BCUT2D eigenvalue weighted by molar-refractivity contribution is 5.63. The molecular formula is C24H30. The van der Waals surface area contributed by atoms with Crippen LogP contribution in [-0.4, -0.2) is 0 Å². The van der Waals surface area contributed by atoms with Crippen LogP contribution in [0.4, 0.5) is 0 Å². The van der Waals surface area contributed by atoms with Crippen molar-refractivity contribution < 1.29 is 0 Å². The number of hydrogen-bond acceptors (Lipinski definition) is 0. The third-order valence-electron chi connectivity index (χ3n) is 3.38. The Bertz CT molecular complexity index is 618. The molecule has 0 saturated carbocycles. The molecule has 0 saturated heterocycles. The Morgan fingerprint density at radius 1 is 0.458 bits per heavy atom. The van der Waals surface area contributed by atoms with Gasteiger partial charge in [0.15, 0.2) is 0 Å². The molecule has 0 N–H and O–H groups in total. The molecule has 0 aliphatic heterocycles. The summed E-state index contributed by atoms with van der Waals surface area (Å²) in [4.78, 5) is 0. The van der Waals surface area contributed by atoms with Crippen LogP contribution in [0.5, 0.6) is 0 Å². The van der Waals surface area contributed by atoms with Gasteiger partial charge in [-0.1, -0.05) is 116 Å². The van der Waals surface area contributed by atoms with Crippen LogP contribution >= 0.6 is 0 Å². The smallest absolute Gasteiger partial charge is 0.0184 e. The third-order valence-corrected chi connectivity index (χ3v) is 3.38. The summed E-state index contributed by atoms with van der Waals surface area (Å²) in [5.41, 5.74) is 6.51. The lowest BCUT2D eigenvalue weighted by molar-refractivity contribution is 1.09. The number of benzene rings is 3. The SMILES string of the molecule is CCC.Cc1ccc(-c2ccc(C)cc2)cc1.Cc1ccccc1. The third kappa shape index (κ3) is 7.78. The maximum absolute atomic E-state index is 2.17. The Morgan fingerprint density at radius 2 is 0.750 bits per heavy atom. The molecule has 0 atom stereocenters. The summed E-state index contributed by atoms with van der Waals surface area (Å²) in [6.07, 6.45) is 1.25. The molecule has 3 aromatic rings. The van der Waals surface area contributed by atoms with Gasteiger partial charge in [0.2, 0.25) is 0 Å². The normalized spacial score (nSPS) is 9.21. The minimum absolute atomic E-state index is 1.25. The van der Waals surface area contributed by atoms with Crippen LogP contribution in [0.3, 0.4) is 0 Å². The quantitative estimate of drug-likeness (QED) is 0.439. The lowest BCUT2D eigenvalue weighted by Crippen LogP contribution is -1.78. The molecule has 0 radical (unpaired) electrons. The summed E-state index contributed by atoms with van der Waals surface area (Å²) in [7, 11) is 0. The van der Waals surface area contributed by atoms with Gasteiger partial charge in [-0.15, -0.1) is 0 Å². The van der Waals surface area contributed by atoms with Crippen molar-refractivity contribution in [1.82, 2.24) is 0 Å². The summed E-state index contributed by atoms with van der Waals surface area (Å²) in [5, 5.41) is 0. The van der Waals surface area contributed by atoms with Gasteiger partial charge < -0.3 is 0 Å². The molecule has 0 aliphatic rings. The standard InChI is InChI=1S/C14H14.C7H8.C3H8/c1-11-3-7-13(8-4-11)14-9-5-12(2)6-10-14;1-7-5-3-2-4-6-7;1-3-2/h3-10H,1-2H3;2-6H,1H3;3H2,1-2H3. The molecule has 3 rings (SSSR count). The maximum atomic E-state index is 2.17. The summed E-state index contributed by atoms with van der Waals surface area (Å²) >= 11 is 0. The van der Waals surface area contributed by atoms with Crippen molar-refractivity contribution in [2.75, 3.05) is 0 Å². The van der Waals surface area contributed by atoms with E-state index < -0.39 is 0 Å². The minimum Gasteiger partial charge on any atom is -0.0656 e. The Labute approximate surface area is 148 Å². The molecule has 0 heterocycles. The first kappa shape index (κ1) is 19.7. The van der Waals surface area contributed by atoms with E-state index in [-0.39, 0.29) is 0 Å². The van der Waals surface area contributed by atoms with E-state index in [1.54, 1.807) is 0 Å². The van der Waals surface area contributed by atoms with E-state index in [2.05, 4.69) is 95.3 Å². The van der Waals surface area contributed by atoms with Crippen molar-refractivity contribution in [3.05, 3.63) is 95.6 Å². The molecule has 126 valence electrons. The molecule has 3 aromatic carbocycles. The van der Waals surface area contributed by atoms with Crippen LogP contribution < -0.4 is 0 Å². The van der Waals surface area contributed by atoms with Gasteiger partial charge in [0.25, 0.3) is 0 Å². The molecule has 0 amide bonds. The van der Waals surface area contributed by atoms with Gasteiger partial charge in [0.1, 0.15) is 0 Å². The van der Waals surface area contributed by atoms with Crippen molar-refractivity contribution in [1.29, 1.82) is 0 Å². The Morgan fingerprint density at radius 3 is 1.00 bits per heavy atom. The second kappa shape index (κ2) is 11.2. The molecular weight excluding hydrogens is 288 g/mol. The van der Waals surface area contributed by atoms with Gasteiger partial charge in [-0.05, 0) is 31.9 Å². The monoisotopic (exact) mass is 318 g/mol. The maximum Gasteiger partial charge on any atom is -0.0184 e. The fraction of sp³-hybridized carbons (Fsp3) is 0.250. The van der Waals surface area contributed by atoms with Crippen LogP contribution in [0.1, 0.15) is 37.0 Å². The summed E-state index contributed by atoms with van der Waals surface area (Å²) in [6.45, 7) is 10.6. The molecule has 0 nitrogen and oxygen atoms in total. The highest BCUT2D eigenvalue weighted by atomic mass is 14.0. The second-order valence-electron chi connectivity index (χ2n) is 6.09. The summed E-state index contributed by atoms with van der Waals surface area (Å²) < 4.78 is 0. The van der Waals surface area contributed by atoms with Gasteiger partial charge in [0, 0.05) is 0 Å². The minimum atomic E-state index is 1.25. The first-order valence-electron chi connectivity index (χ1n) is 8.72. The predicted molar refractivity (Wildman–Crippen MR) is 108 cm³/mol. The van der Waals surface area contributed by atoms with E-state index in [0.29, 0.717) is 0 Å². The first-order valence-corrected chi connectivity index (χ1v) is 8.72. The van der Waals surface area contributed by atoms with Crippen molar-refractivity contribution >= 4 is 0 Å². The van der Waals surface area contributed by atoms with Crippen LogP contribution in [0, 0.1) is 20.8 Å². The lowest BCUT2D eigenvalue weighted by Gasteiger charge is -2.02. The fourth-order valence-electron chi connectivity index (χ4n) is 2.03. The molecule has 0 aliphatic carbocycles. The fourth-order valence-corrected chi connectivity index (χ4v) is 2.03. The van der Waals surface area contributed by atoms with Crippen molar-refractivity contribution in [2.24, 2.45) is 0 Å². The van der Waals surface area contributed by atoms with Crippen molar-refractivity contribution in [3.8, 4) is 11.1 Å². The average Bonchev–Trinajstić information content (AvgIpc) is 2.58. The van der Waals surface area contributed by atoms with Crippen molar-refractivity contribution in [2.45, 2.75) is 41.0 Å². The van der Waals surface area contributed by atoms with Gasteiger partial charge in [-0.25, -0.2) is 0 Å². The van der Waals surface area contributed by atoms with Crippen molar-refractivity contribution in [3.63, 3.8) is 0 Å². The topological polar surface area (TPSA) is 0 Å². The van der Waals surface area contributed by atoms with Gasteiger partial charge in [0.05, 0.1) is 0 Å². The zero-order valence-electron chi connectivity index (χ0n) is 15.7. The van der Waals surface area contributed by atoms with Gasteiger partial charge in [-0.3, -0.25) is 0 Å². The summed E-state index contributed by atoms with van der Waals surface area (Å²) in [6, 6.07) is 27.5. The molecule has 0 heteroatoms. The Balaban J connectivity index is 0.000000241. The lowest BCUT2D eigenvalue weighted by atomic mass is 10.0. The van der Waals surface area contributed by atoms with Gasteiger partial charge >= 0.3 is 0 Å². The second-order valence-corrected chi connectivity index (χ2v) is 6.09. The van der Waals surface area contributed by atoms with Crippen LogP contribution in [0.2, 0.25) is 0 Å².